The second-order valence-electron chi connectivity index (χ2n) is 5.39. The molecule has 0 spiro atoms. The average molecular weight is 294 g/mol. The highest BCUT2D eigenvalue weighted by Crippen LogP contribution is 2.28. The van der Waals surface area contributed by atoms with Crippen LogP contribution < -0.4 is 5.32 Å². The number of rotatable bonds is 4. The summed E-state index contributed by atoms with van der Waals surface area (Å²) in [6, 6.07) is 0.159. The fraction of sp³-hybridized carbons (Fsp3) is 0.643. The van der Waals surface area contributed by atoms with Crippen LogP contribution in [0.5, 0.6) is 5.75 Å². The van der Waals surface area contributed by atoms with E-state index in [4.69, 9.17) is 0 Å². The first-order chi connectivity index (χ1) is 10.0. The maximum absolute atomic E-state index is 11.4. The lowest BCUT2D eigenvalue weighted by atomic mass is 9.89. The number of nitrogens with one attached hydrogen (secondary N) is 1. The van der Waals surface area contributed by atoms with Gasteiger partial charge in [-0.1, -0.05) is 13.8 Å². The predicted octanol–water partition coefficient (Wildman–Crippen LogP) is 2.29. The van der Waals surface area contributed by atoms with E-state index in [0.29, 0.717) is 5.95 Å². The highest BCUT2D eigenvalue weighted by Gasteiger charge is 2.36. The van der Waals surface area contributed by atoms with Crippen molar-refractivity contribution in [3.8, 4) is 5.75 Å². The van der Waals surface area contributed by atoms with Crippen molar-refractivity contribution in [2.24, 2.45) is 0 Å². The van der Waals surface area contributed by atoms with Crippen LogP contribution in [0.25, 0.3) is 0 Å². The van der Waals surface area contributed by atoms with Gasteiger partial charge in [0, 0.05) is 18.1 Å². The molecule has 21 heavy (non-hydrogen) atoms. The van der Waals surface area contributed by atoms with Crippen molar-refractivity contribution in [3.63, 3.8) is 0 Å². The summed E-state index contributed by atoms with van der Waals surface area (Å²) in [7, 11) is 0. The normalized spacial score (nSPS) is 25.6. The standard InChI is InChI=1S/C14H22N4O3/c1-3-10-5-9(6-11(4-2)18(10)14(20)21)17-13-15-7-12(19)8-16-13/h7-11,19H,3-6H2,1-2H3,(H,20,21)(H,15,16,17). The lowest BCUT2D eigenvalue weighted by Crippen LogP contribution is -2.54. The quantitative estimate of drug-likeness (QED) is 0.788. The summed E-state index contributed by atoms with van der Waals surface area (Å²) in [6.07, 6.45) is 4.90. The average Bonchev–Trinajstić information content (AvgIpc) is 2.48. The number of hydrogen-bond acceptors (Lipinski definition) is 5. The van der Waals surface area contributed by atoms with E-state index in [9.17, 15) is 15.0 Å². The van der Waals surface area contributed by atoms with Gasteiger partial charge in [0.2, 0.25) is 5.95 Å². The van der Waals surface area contributed by atoms with Crippen LogP contribution in [-0.4, -0.2) is 49.3 Å². The van der Waals surface area contributed by atoms with E-state index in [2.05, 4.69) is 15.3 Å². The number of nitrogens with zero attached hydrogens (tertiary/aromatic N) is 3. The molecule has 1 aromatic rings. The Morgan fingerprint density at radius 2 is 1.81 bits per heavy atom. The zero-order chi connectivity index (χ0) is 15.4. The van der Waals surface area contributed by atoms with E-state index >= 15 is 0 Å². The van der Waals surface area contributed by atoms with Crippen LogP contribution in [0, 0.1) is 0 Å². The molecular weight excluding hydrogens is 272 g/mol. The topological polar surface area (TPSA) is 98.6 Å². The Kier molecular flexibility index (Phi) is 4.82. The molecule has 116 valence electrons. The smallest absolute Gasteiger partial charge is 0.407 e. The second-order valence-corrected chi connectivity index (χ2v) is 5.39. The van der Waals surface area contributed by atoms with Crippen LogP contribution in [0.4, 0.5) is 10.7 Å². The second kappa shape index (κ2) is 6.60. The minimum absolute atomic E-state index is 0.0100. The van der Waals surface area contributed by atoms with Crippen LogP contribution in [0.1, 0.15) is 39.5 Å². The first kappa shape index (κ1) is 15.3. The number of amides is 1. The zero-order valence-electron chi connectivity index (χ0n) is 12.4. The van der Waals surface area contributed by atoms with Gasteiger partial charge in [0.1, 0.15) is 0 Å². The van der Waals surface area contributed by atoms with Gasteiger partial charge in [-0.05, 0) is 25.7 Å². The molecule has 0 aliphatic carbocycles. The Balaban J connectivity index is 2.08. The molecule has 2 atom stereocenters. The fourth-order valence-electron chi connectivity index (χ4n) is 3.01. The Morgan fingerprint density at radius 1 is 1.29 bits per heavy atom. The molecule has 2 unspecified atom stereocenters. The number of anilines is 1. The van der Waals surface area contributed by atoms with Crippen molar-refractivity contribution >= 4 is 12.0 Å². The molecule has 0 aromatic carbocycles. The van der Waals surface area contributed by atoms with Crippen molar-refractivity contribution in [2.75, 3.05) is 5.32 Å². The number of aromatic hydroxyl groups is 1. The maximum atomic E-state index is 11.4. The lowest BCUT2D eigenvalue weighted by molar-refractivity contribution is 0.0641. The first-order valence-corrected chi connectivity index (χ1v) is 7.33. The van der Waals surface area contributed by atoms with Crippen LogP contribution in [0.2, 0.25) is 0 Å². The molecule has 1 aliphatic rings. The molecule has 7 nitrogen and oxygen atoms in total. The number of carboxylic acid groups (broad SMARTS) is 1. The first-order valence-electron chi connectivity index (χ1n) is 7.33. The summed E-state index contributed by atoms with van der Waals surface area (Å²) in [5.74, 6) is 0.491. The van der Waals surface area contributed by atoms with Gasteiger partial charge in [-0.25, -0.2) is 14.8 Å². The van der Waals surface area contributed by atoms with Gasteiger partial charge in [0.05, 0.1) is 12.4 Å². The van der Waals surface area contributed by atoms with Crippen LogP contribution in [0.15, 0.2) is 12.4 Å². The van der Waals surface area contributed by atoms with E-state index in [1.165, 1.54) is 12.4 Å². The van der Waals surface area contributed by atoms with E-state index in [1.807, 2.05) is 13.8 Å². The molecular formula is C14H22N4O3. The van der Waals surface area contributed by atoms with Gasteiger partial charge >= 0.3 is 6.09 Å². The summed E-state index contributed by atoms with van der Waals surface area (Å²) in [4.78, 5) is 21.1. The molecule has 3 N–H and O–H groups in total. The Hall–Kier alpha value is -2.05. The molecule has 7 heteroatoms. The molecule has 0 bridgehead atoms. The van der Waals surface area contributed by atoms with Gasteiger partial charge in [0.15, 0.2) is 5.75 Å². The van der Waals surface area contributed by atoms with E-state index in [1.54, 1.807) is 4.90 Å². The van der Waals surface area contributed by atoms with Gasteiger partial charge in [0.25, 0.3) is 0 Å². The molecule has 2 heterocycles. The zero-order valence-corrected chi connectivity index (χ0v) is 12.4. The molecule has 1 fully saturated rings. The van der Waals surface area contributed by atoms with Crippen LogP contribution in [0.3, 0.4) is 0 Å². The van der Waals surface area contributed by atoms with E-state index in [-0.39, 0.29) is 23.9 Å². The summed E-state index contributed by atoms with van der Waals surface area (Å²) in [5.41, 5.74) is 0. The van der Waals surface area contributed by atoms with Crippen molar-refractivity contribution in [1.82, 2.24) is 14.9 Å². The molecule has 1 saturated heterocycles. The third-order valence-corrected chi connectivity index (χ3v) is 4.03. The van der Waals surface area contributed by atoms with Crippen molar-refractivity contribution in [2.45, 2.75) is 57.7 Å². The number of piperidine rings is 1. The predicted molar refractivity (Wildman–Crippen MR) is 78.4 cm³/mol. The van der Waals surface area contributed by atoms with Crippen LogP contribution >= 0.6 is 0 Å². The lowest BCUT2D eigenvalue weighted by Gasteiger charge is -2.43. The molecule has 1 aliphatic heterocycles. The monoisotopic (exact) mass is 294 g/mol. The summed E-state index contributed by atoms with van der Waals surface area (Å²) < 4.78 is 0. The minimum Gasteiger partial charge on any atom is -0.505 e. The van der Waals surface area contributed by atoms with E-state index < -0.39 is 6.09 Å². The largest absolute Gasteiger partial charge is 0.505 e. The van der Waals surface area contributed by atoms with E-state index in [0.717, 1.165) is 25.7 Å². The Labute approximate surface area is 124 Å². The fourth-order valence-corrected chi connectivity index (χ4v) is 3.01. The highest BCUT2D eigenvalue weighted by molar-refractivity contribution is 5.66. The third kappa shape index (κ3) is 3.53. The SMILES string of the molecule is CCC1CC(Nc2ncc(O)cn2)CC(CC)N1C(=O)O. The van der Waals surface area contributed by atoms with Gasteiger partial charge < -0.3 is 20.4 Å². The third-order valence-electron chi connectivity index (χ3n) is 4.03. The molecule has 1 aromatic heterocycles. The van der Waals surface area contributed by atoms with Crippen molar-refractivity contribution < 1.29 is 15.0 Å². The van der Waals surface area contributed by atoms with Gasteiger partial charge in [-0.2, -0.15) is 0 Å². The Bertz CT molecular complexity index is 466. The van der Waals surface area contributed by atoms with Gasteiger partial charge in [-0.15, -0.1) is 0 Å². The number of carbonyl (C=O) groups is 1. The number of aromatic nitrogens is 2. The Morgan fingerprint density at radius 3 is 2.24 bits per heavy atom. The van der Waals surface area contributed by atoms with Crippen molar-refractivity contribution in [3.05, 3.63) is 12.4 Å². The molecule has 0 radical (unpaired) electrons. The highest BCUT2D eigenvalue weighted by atomic mass is 16.4. The number of hydrogen-bond donors (Lipinski definition) is 3. The summed E-state index contributed by atoms with van der Waals surface area (Å²) in [6.45, 7) is 4.01. The molecule has 1 amide bonds. The minimum atomic E-state index is -0.840. The summed E-state index contributed by atoms with van der Waals surface area (Å²) in [5, 5.41) is 21.8. The molecule has 2 rings (SSSR count). The number of likely N-dealkylation sites (tertiary alicyclic amines) is 1. The molecule has 0 saturated carbocycles. The van der Waals surface area contributed by atoms with Gasteiger partial charge in [-0.3, -0.25) is 0 Å². The van der Waals surface area contributed by atoms with Crippen molar-refractivity contribution in [1.29, 1.82) is 0 Å². The maximum Gasteiger partial charge on any atom is 0.407 e. The van der Waals surface area contributed by atoms with Crippen LogP contribution in [-0.2, 0) is 0 Å². The summed E-state index contributed by atoms with van der Waals surface area (Å²) >= 11 is 0.